The number of hydrogen-bond acceptors (Lipinski definition) is 7. The van der Waals surface area contributed by atoms with Crippen LogP contribution in [0, 0.1) is 17.0 Å². The third-order valence-electron chi connectivity index (χ3n) is 2.73. The van der Waals surface area contributed by atoms with Gasteiger partial charge in [0.25, 0.3) is 5.88 Å². The minimum absolute atomic E-state index is 0.0963. The van der Waals surface area contributed by atoms with Crippen LogP contribution in [0.25, 0.3) is 0 Å². The minimum atomic E-state index is -0.512. The molecule has 0 aliphatic heterocycles. The van der Waals surface area contributed by atoms with Gasteiger partial charge in [0.2, 0.25) is 11.5 Å². The van der Waals surface area contributed by atoms with E-state index in [0.29, 0.717) is 5.82 Å². The maximum absolute atomic E-state index is 11.1. The molecule has 0 unspecified atom stereocenters. The lowest BCUT2D eigenvalue weighted by atomic mass is 10.2. The molecule has 0 radical (unpaired) electrons. The summed E-state index contributed by atoms with van der Waals surface area (Å²) in [7, 11) is 3.11. The molecule has 8 nitrogen and oxygen atoms in total. The van der Waals surface area contributed by atoms with Gasteiger partial charge in [-0.3, -0.25) is 10.1 Å². The molecule has 1 heterocycles. The Labute approximate surface area is 120 Å². The number of aryl methyl sites for hydroxylation is 1. The van der Waals surface area contributed by atoms with Gasteiger partial charge in [0, 0.05) is 13.1 Å². The number of rotatable bonds is 5. The van der Waals surface area contributed by atoms with Gasteiger partial charge in [-0.1, -0.05) is 6.07 Å². The van der Waals surface area contributed by atoms with Crippen molar-refractivity contribution in [1.82, 2.24) is 9.97 Å². The third-order valence-corrected chi connectivity index (χ3v) is 2.73. The van der Waals surface area contributed by atoms with E-state index in [4.69, 9.17) is 9.47 Å². The highest BCUT2D eigenvalue weighted by Gasteiger charge is 2.20. The number of nitro groups is 1. The van der Waals surface area contributed by atoms with Gasteiger partial charge >= 0.3 is 5.69 Å². The summed E-state index contributed by atoms with van der Waals surface area (Å²) < 4.78 is 10.7. The monoisotopic (exact) mass is 290 g/mol. The number of methoxy groups -OCH3 is 1. The molecule has 2 rings (SSSR count). The molecular formula is C13H14N4O4. The summed E-state index contributed by atoms with van der Waals surface area (Å²) in [5, 5.41) is 13.9. The van der Waals surface area contributed by atoms with Gasteiger partial charge in [0.1, 0.15) is 6.33 Å². The Balaban J connectivity index is 2.47. The zero-order valence-corrected chi connectivity index (χ0v) is 11.8. The van der Waals surface area contributed by atoms with Crippen molar-refractivity contribution in [3.8, 4) is 17.4 Å². The molecule has 21 heavy (non-hydrogen) atoms. The van der Waals surface area contributed by atoms with Crippen molar-refractivity contribution in [2.24, 2.45) is 0 Å². The molecule has 0 aliphatic carbocycles. The summed E-state index contributed by atoms with van der Waals surface area (Å²) in [4.78, 5) is 18.5. The second-order valence-corrected chi connectivity index (χ2v) is 4.14. The Morgan fingerprint density at radius 2 is 2.10 bits per heavy atom. The standard InChI is InChI=1S/C13H14N4O4/c1-8-4-5-9(17(18)19)10(6-8)21-13-11(20-3)12(14-2)15-7-16-13/h4-7H,1-3H3,(H,14,15,16). The van der Waals surface area contributed by atoms with Crippen LogP contribution in [-0.4, -0.2) is 29.0 Å². The van der Waals surface area contributed by atoms with Crippen molar-refractivity contribution in [2.45, 2.75) is 6.92 Å². The largest absolute Gasteiger partial charge is 0.489 e. The lowest BCUT2D eigenvalue weighted by Crippen LogP contribution is -2.02. The maximum atomic E-state index is 11.1. The molecule has 2 aromatic rings. The van der Waals surface area contributed by atoms with Gasteiger partial charge in [0.15, 0.2) is 5.82 Å². The molecule has 0 bridgehead atoms. The quantitative estimate of drug-likeness (QED) is 0.667. The summed E-state index contributed by atoms with van der Waals surface area (Å²) >= 11 is 0. The van der Waals surface area contributed by atoms with E-state index < -0.39 is 4.92 Å². The zero-order valence-electron chi connectivity index (χ0n) is 11.8. The van der Waals surface area contributed by atoms with Crippen LogP contribution in [-0.2, 0) is 0 Å². The van der Waals surface area contributed by atoms with Crippen LogP contribution in [0.2, 0.25) is 0 Å². The second-order valence-electron chi connectivity index (χ2n) is 4.14. The second kappa shape index (κ2) is 6.04. The number of nitro benzene ring substituents is 1. The summed E-state index contributed by atoms with van der Waals surface area (Å²) in [5.41, 5.74) is 0.685. The number of anilines is 1. The van der Waals surface area contributed by atoms with Crippen LogP contribution in [0.15, 0.2) is 24.5 Å². The topological polar surface area (TPSA) is 99.4 Å². The molecule has 0 saturated heterocycles. The fourth-order valence-corrected chi connectivity index (χ4v) is 1.75. The first-order valence-corrected chi connectivity index (χ1v) is 6.06. The van der Waals surface area contributed by atoms with Gasteiger partial charge < -0.3 is 14.8 Å². The lowest BCUT2D eigenvalue weighted by molar-refractivity contribution is -0.385. The van der Waals surface area contributed by atoms with E-state index in [1.807, 2.05) is 6.92 Å². The zero-order chi connectivity index (χ0) is 15.4. The molecule has 0 atom stereocenters. The Hall–Kier alpha value is -2.90. The fraction of sp³-hybridized carbons (Fsp3) is 0.231. The molecule has 8 heteroatoms. The van der Waals surface area contributed by atoms with Crippen LogP contribution in [0.5, 0.6) is 17.4 Å². The van der Waals surface area contributed by atoms with Crippen LogP contribution in [0.3, 0.4) is 0 Å². The summed E-state index contributed by atoms with van der Waals surface area (Å²) in [6.45, 7) is 1.81. The summed E-state index contributed by atoms with van der Waals surface area (Å²) in [5.74, 6) is 0.901. The molecule has 1 aromatic heterocycles. The number of hydrogen-bond donors (Lipinski definition) is 1. The van der Waals surface area contributed by atoms with Crippen molar-refractivity contribution in [1.29, 1.82) is 0 Å². The molecule has 1 N–H and O–H groups in total. The predicted octanol–water partition coefficient (Wildman–Crippen LogP) is 2.54. The molecule has 0 fully saturated rings. The van der Waals surface area contributed by atoms with E-state index in [1.54, 1.807) is 19.2 Å². The Kier molecular flexibility index (Phi) is 4.17. The normalized spacial score (nSPS) is 10.0. The van der Waals surface area contributed by atoms with Gasteiger partial charge in [-0.25, -0.2) is 4.98 Å². The molecule has 1 aromatic carbocycles. The number of aromatic nitrogens is 2. The van der Waals surface area contributed by atoms with Gasteiger partial charge in [-0.2, -0.15) is 4.98 Å². The first-order valence-electron chi connectivity index (χ1n) is 6.06. The van der Waals surface area contributed by atoms with Gasteiger partial charge in [-0.05, 0) is 18.6 Å². The van der Waals surface area contributed by atoms with Crippen molar-refractivity contribution < 1.29 is 14.4 Å². The molecule has 0 amide bonds. The maximum Gasteiger partial charge on any atom is 0.311 e. The average molecular weight is 290 g/mol. The highest BCUT2D eigenvalue weighted by molar-refractivity contribution is 5.57. The van der Waals surface area contributed by atoms with E-state index in [1.165, 1.54) is 19.5 Å². The molecule has 0 saturated carbocycles. The number of benzene rings is 1. The van der Waals surface area contributed by atoms with Crippen LogP contribution in [0.4, 0.5) is 11.5 Å². The van der Waals surface area contributed by atoms with Crippen LogP contribution >= 0.6 is 0 Å². The van der Waals surface area contributed by atoms with Crippen LogP contribution < -0.4 is 14.8 Å². The first kappa shape index (κ1) is 14.5. The van der Waals surface area contributed by atoms with Crippen molar-refractivity contribution in [2.75, 3.05) is 19.5 Å². The average Bonchev–Trinajstić information content (AvgIpc) is 2.46. The van der Waals surface area contributed by atoms with E-state index in [0.717, 1.165) is 5.56 Å². The SMILES string of the molecule is CNc1ncnc(Oc2cc(C)ccc2[N+](=O)[O-])c1OC. The summed E-state index contributed by atoms with van der Waals surface area (Å²) in [6.07, 6.45) is 1.28. The number of nitrogens with one attached hydrogen (secondary N) is 1. The molecule has 110 valence electrons. The highest BCUT2D eigenvalue weighted by atomic mass is 16.6. The fourth-order valence-electron chi connectivity index (χ4n) is 1.75. The number of nitrogens with zero attached hydrogens (tertiary/aromatic N) is 3. The van der Waals surface area contributed by atoms with E-state index >= 15 is 0 Å². The lowest BCUT2D eigenvalue weighted by Gasteiger charge is -2.12. The van der Waals surface area contributed by atoms with Crippen molar-refractivity contribution in [3.05, 3.63) is 40.2 Å². The molecule has 0 aliphatic rings. The smallest absolute Gasteiger partial charge is 0.311 e. The van der Waals surface area contributed by atoms with Crippen LogP contribution in [0.1, 0.15) is 5.56 Å². The Bertz CT molecular complexity index is 675. The van der Waals surface area contributed by atoms with Gasteiger partial charge in [0.05, 0.1) is 12.0 Å². The molecular weight excluding hydrogens is 276 g/mol. The predicted molar refractivity (Wildman–Crippen MR) is 76.0 cm³/mol. The molecule has 0 spiro atoms. The van der Waals surface area contributed by atoms with Crippen molar-refractivity contribution in [3.63, 3.8) is 0 Å². The minimum Gasteiger partial charge on any atom is -0.489 e. The van der Waals surface area contributed by atoms with Gasteiger partial charge in [-0.15, -0.1) is 0 Å². The Morgan fingerprint density at radius 1 is 1.33 bits per heavy atom. The highest BCUT2D eigenvalue weighted by Crippen LogP contribution is 2.37. The van der Waals surface area contributed by atoms with E-state index in [2.05, 4.69) is 15.3 Å². The van der Waals surface area contributed by atoms with E-state index in [-0.39, 0.29) is 23.1 Å². The third kappa shape index (κ3) is 2.99. The number of ether oxygens (including phenoxy) is 2. The first-order chi connectivity index (χ1) is 10.1. The summed E-state index contributed by atoms with van der Waals surface area (Å²) in [6, 6.07) is 4.59. The Morgan fingerprint density at radius 3 is 2.71 bits per heavy atom. The van der Waals surface area contributed by atoms with Crippen molar-refractivity contribution >= 4 is 11.5 Å². The van der Waals surface area contributed by atoms with E-state index in [9.17, 15) is 10.1 Å².